The highest BCUT2D eigenvalue weighted by atomic mass is 19.2. The van der Waals surface area contributed by atoms with E-state index in [-0.39, 0.29) is 17.0 Å². The third-order valence-electron chi connectivity index (χ3n) is 4.91. The second kappa shape index (κ2) is 11.3. The predicted molar refractivity (Wildman–Crippen MR) is 129 cm³/mol. The number of amidine groups is 1. The van der Waals surface area contributed by atoms with Crippen LogP contribution in [0, 0.1) is 28.3 Å². The van der Waals surface area contributed by atoms with Crippen molar-refractivity contribution in [1.29, 1.82) is 10.8 Å². The van der Waals surface area contributed by atoms with E-state index in [4.69, 9.17) is 10.8 Å². The summed E-state index contributed by atoms with van der Waals surface area (Å²) < 4.78 is 57.5. The highest BCUT2D eigenvalue weighted by molar-refractivity contribution is 6.10. The summed E-state index contributed by atoms with van der Waals surface area (Å²) in [5.41, 5.74) is -2.93. The summed E-state index contributed by atoms with van der Waals surface area (Å²) in [7, 11) is 3.07. The van der Waals surface area contributed by atoms with E-state index in [2.05, 4.69) is 25.9 Å². The van der Waals surface area contributed by atoms with Crippen molar-refractivity contribution in [2.45, 2.75) is 13.1 Å². The first-order valence-electron chi connectivity index (χ1n) is 10.5. The van der Waals surface area contributed by atoms with Crippen molar-refractivity contribution in [2.75, 3.05) is 19.4 Å². The van der Waals surface area contributed by atoms with Gasteiger partial charge in [-0.05, 0) is 12.1 Å². The smallest absolute Gasteiger partial charge is 0.355 e. The van der Waals surface area contributed by atoms with Gasteiger partial charge in [0.1, 0.15) is 17.5 Å². The Morgan fingerprint density at radius 3 is 2.43 bits per heavy atom. The van der Waals surface area contributed by atoms with Gasteiger partial charge >= 0.3 is 11.4 Å². The van der Waals surface area contributed by atoms with Gasteiger partial charge < -0.3 is 21.4 Å². The van der Waals surface area contributed by atoms with Gasteiger partial charge in [0.05, 0.1) is 30.8 Å². The Labute approximate surface area is 206 Å². The van der Waals surface area contributed by atoms with Crippen molar-refractivity contribution in [1.82, 2.24) is 24.8 Å². The van der Waals surface area contributed by atoms with Crippen LogP contribution in [0.4, 0.5) is 23.5 Å². The molecule has 11 nitrogen and oxygen atoms in total. The zero-order valence-corrected chi connectivity index (χ0v) is 19.5. The summed E-state index contributed by atoms with van der Waals surface area (Å²) in [6, 6.07) is 0.825. The minimum atomic E-state index is -1.45. The molecule has 0 saturated carbocycles. The monoisotopic (exact) mass is 519 g/mol. The average molecular weight is 519 g/mol. The molecule has 0 saturated heterocycles. The molecule has 0 fully saturated rings. The molecule has 1 aliphatic carbocycles. The van der Waals surface area contributed by atoms with E-state index in [0.717, 1.165) is 12.4 Å². The van der Waals surface area contributed by atoms with Crippen LogP contribution >= 0.6 is 0 Å². The Hall–Kier alpha value is -4.82. The molecule has 1 heterocycles. The van der Waals surface area contributed by atoms with Crippen molar-refractivity contribution in [3.8, 4) is 0 Å². The minimum Gasteiger partial charge on any atom is -0.393 e. The molecule has 0 spiro atoms. The summed E-state index contributed by atoms with van der Waals surface area (Å²) in [6.07, 6.45) is 4.63. The number of aliphatic imine (C=N–C) groups is 1. The van der Waals surface area contributed by atoms with Crippen LogP contribution < -0.4 is 27.3 Å². The average Bonchev–Trinajstić information content (AvgIpc) is 2.84. The Morgan fingerprint density at radius 1 is 1.05 bits per heavy atom. The van der Waals surface area contributed by atoms with E-state index in [9.17, 15) is 27.2 Å². The summed E-state index contributed by atoms with van der Waals surface area (Å²) in [6.45, 7) is -1.36. The molecule has 0 aliphatic heterocycles. The molecule has 194 valence electrons. The SMILES string of the molecule is CN/C=N\C(=N)Cn1c(=O)nc(NC2=C/C(=C/NC)C(=N)C=C2F)n(Cc2cc(F)c(F)cc2F)c1=O. The first kappa shape index (κ1) is 26.8. The van der Waals surface area contributed by atoms with E-state index in [1.807, 2.05) is 0 Å². The van der Waals surface area contributed by atoms with Crippen LogP contribution in [-0.2, 0) is 13.1 Å². The van der Waals surface area contributed by atoms with Gasteiger partial charge in [-0.25, -0.2) is 36.7 Å². The molecular formula is C22H21F4N9O2. The van der Waals surface area contributed by atoms with Crippen molar-refractivity contribution in [3.63, 3.8) is 0 Å². The molecule has 0 atom stereocenters. The maximum atomic E-state index is 14.6. The lowest BCUT2D eigenvalue weighted by molar-refractivity contribution is 0.486. The second-order valence-corrected chi connectivity index (χ2v) is 7.50. The van der Waals surface area contributed by atoms with Crippen molar-refractivity contribution < 1.29 is 17.6 Å². The number of anilines is 1. The highest BCUT2D eigenvalue weighted by Gasteiger charge is 2.21. The molecule has 0 unspecified atom stereocenters. The lowest BCUT2D eigenvalue weighted by atomic mass is 10.0. The molecule has 2 aromatic rings. The molecule has 1 aromatic heterocycles. The fourth-order valence-electron chi connectivity index (χ4n) is 3.17. The number of aromatic nitrogens is 3. The van der Waals surface area contributed by atoms with Crippen LogP contribution in [0.3, 0.4) is 0 Å². The number of allylic oxidation sites excluding steroid dienone is 4. The number of hydrogen-bond acceptors (Lipinski definition) is 7. The van der Waals surface area contributed by atoms with Crippen molar-refractivity contribution in [3.05, 3.63) is 91.6 Å². The lowest BCUT2D eigenvalue weighted by Crippen LogP contribution is -2.44. The predicted octanol–water partition coefficient (Wildman–Crippen LogP) is 1.38. The normalized spacial score (nSPS) is 14.5. The van der Waals surface area contributed by atoms with Gasteiger partial charge in [0.25, 0.3) is 0 Å². The van der Waals surface area contributed by atoms with Crippen LogP contribution in [-0.4, -0.2) is 46.1 Å². The fourth-order valence-corrected chi connectivity index (χ4v) is 3.17. The summed E-state index contributed by atoms with van der Waals surface area (Å²) in [4.78, 5) is 33.3. The number of halogens is 4. The quantitative estimate of drug-likeness (QED) is 0.154. The van der Waals surface area contributed by atoms with E-state index in [1.54, 1.807) is 7.05 Å². The molecule has 3 rings (SSSR count). The van der Waals surface area contributed by atoms with Crippen LogP contribution in [0.5, 0.6) is 0 Å². The van der Waals surface area contributed by atoms with E-state index >= 15 is 0 Å². The number of nitrogens with zero attached hydrogens (tertiary/aromatic N) is 4. The summed E-state index contributed by atoms with van der Waals surface area (Å²) >= 11 is 0. The van der Waals surface area contributed by atoms with Gasteiger partial charge in [-0.1, -0.05) is 0 Å². The molecule has 1 aliphatic rings. The number of rotatable bonds is 8. The molecule has 1 aromatic carbocycles. The zero-order valence-electron chi connectivity index (χ0n) is 19.5. The highest BCUT2D eigenvalue weighted by Crippen LogP contribution is 2.23. The second-order valence-electron chi connectivity index (χ2n) is 7.50. The third kappa shape index (κ3) is 6.06. The molecule has 37 heavy (non-hydrogen) atoms. The Morgan fingerprint density at radius 2 is 1.76 bits per heavy atom. The third-order valence-corrected chi connectivity index (χ3v) is 4.91. The molecule has 5 N–H and O–H groups in total. The Kier molecular flexibility index (Phi) is 8.16. The van der Waals surface area contributed by atoms with Crippen LogP contribution in [0.15, 0.2) is 62.2 Å². The minimum absolute atomic E-state index is 0.164. The summed E-state index contributed by atoms with van der Waals surface area (Å²) in [5.74, 6) is -5.90. The van der Waals surface area contributed by atoms with Crippen LogP contribution in [0.2, 0.25) is 0 Å². The lowest BCUT2D eigenvalue weighted by Gasteiger charge is -2.19. The molecule has 0 radical (unpaired) electrons. The topological polar surface area (TPSA) is 153 Å². The fraction of sp³-hybridized carbons (Fsp3) is 0.182. The zero-order chi connectivity index (χ0) is 27.3. The largest absolute Gasteiger partial charge is 0.393 e. The Balaban J connectivity index is 2.16. The maximum absolute atomic E-state index is 14.6. The first-order valence-corrected chi connectivity index (χ1v) is 10.5. The molecule has 0 amide bonds. The first-order chi connectivity index (χ1) is 17.5. The van der Waals surface area contributed by atoms with Crippen LogP contribution in [0.25, 0.3) is 0 Å². The maximum Gasteiger partial charge on any atom is 0.355 e. The van der Waals surface area contributed by atoms with Gasteiger partial charge in [-0.3, -0.25) is 9.98 Å². The van der Waals surface area contributed by atoms with E-state index in [1.165, 1.54) is 19.3 Å². The number of hydrogen-bond donors (Lipinski definition) is 5. The Bertz CT molecular complexity index is 1500. The molecule has 0 bridgehead atoms. The standard InChI is InChI=1S/C22H21F4N9O2/c1-29-7-11-4-18(16(26)6-17(11)27)32-20-33-21(36)35(9-19(28)31-10-30-2)22(37)34(20)8-12-3-14(24)15(25)5-13(12)23/h3-7,10,27,29H,8-9H2,1-2H3,(H2,28,30,31)(H,32,33,36)/b11-7-,27-17?. The number of nitrogens with one attached hydrogen (secondary N) is 5. The van der Waals surface area contributed by atoms with Gasteiger partial charge in [-0.15, -0.1) is 0 Å². The molecular weight excluding hydrogens is 498 g/mol. The number of benzene rings is 1. The van der Waals surface area contributed by atoms with Gasteiger partial charge in [0, 0.05) is 43.6 Å². The van der Waals surface area contributed by atoms with Gasteiger partial charge in [0.15, 0.2) is 11.6 Å². The van der Waals surface area contributed by atoms with Crippen LogP contribution in [0.1, 0.15) is 5.56 Å². The van der Waals surface area contributed by atoms with Gasteiger partial charge in [-0.2, -0.15) is 4.98 Å². The van der Waals surface area contributed by atoms with Crippen molar-refractivity contribution in [2.24, 2.45) is 4.99 Å². The summed E-state index contributed by atoms with van der Waals surface area (Å²) in [5, 5.41) is 23.4. The molecule has 15 heteroatoms. The van der Waals surface area contributed by atoms with Crippen molar-refractivity contribution >= 4 is 23.8 Å². The van der Waals surface area contributed by atoms with Gasteiger partial charge in [0.2, 0.25) is 5.95 Å². The van der Waals surface area contributed by atoms with E-state index in [0.29, 0.717) is 21.3 Å². The van der Waals surface area contributed by atoms with E-state index < -0.39 is 65.1 Å².